The number of methoxy groups -OCH3 is 1. The predicted molar refractivity (Wildman–Crippen MR) is 121 cm³/mol. The van der Waals surface area contributed by atoms with Crippen molar-refractivity contribution in [1.82, 2.24) is 5.32 Å². The Kier molecular flexibility index (Phi) is 7.89. The molecule has 6 nitrogen and oxygen atoms in total. The number of carbonyl (C=O) groups is 1. The number of nitrogens with one attached hydrogen (secondary N) is 1. The van der Waals surface area contributed by atoms with Crippen LogP contribution in [0.15, 0.2) is 42.5 Å². The van der Waals surface area contributed by atoms with Crippen molar-refractivity contribution in [2.75, 3.05) is 17.7 Å². The first-order valence-corrected chi connectivity index (χ1v) is 12.0. The summed E-state index contributed by atoms with van der Waals surface area (Å²) in [5, 5.41) is 3.05. The summed E-state index contributed by atoms with van der Waals surface area (Å²) >= 11 is 0. The molecule has 0 aliphatic rings. The molecule has 0 aliphatic carbocycles. The molecule has 0 saturated heterocycles. The van der Waals surface area contributed by atoms with Crippen LogP contribution in [0.4, 0.5) is 5.69 Å². The molecule has 0 saturated carbocycles. The highest BCUT2D eigenvalue weighted by Crippen LogP contribution is 2.27. The number of benzene rings is 2. The Morgan fingerprint density at radius 3 is 2.30 bits per heavy atom. The van der Waals surface area contributed by atoms with E-state index in [9.17, 15) is 13.2 Å². The highest BCUT2D eigenvalue weighted by atomic mass is 32.2. The van der Waals surface area contributed by atoms with Crippen LogP contribution in [0.2, 0.25) is 0 Å². The number of carbonyl (C=O) groups excluding carboxylic acids is 1. The van der Waals surface area contributed by atoms with Gasteiger partial charge in [-0.1, -0.05) is 38.1 Å². The van der Waals surface area contributed by atoms with Crippen LogP contribution < -0.4 is 14.4 Å². The van der Waals surface area contributed by atoms with Gasteiger partial charge in [0.05, 0.1) is 25.1 Å². The van der Waals surface area contributed by atoms with E-state index in [1.807, 2.05) is 52.0 Å². The molecular weight excluding hydrogens is 400 g/mol. The van der Waals surface area contributed by atoms with Crippen molar-refractivity contribution in [3.05, 3.63) is 59.2 Å². The summed E-state index contributed by atoms with van der Waals surface area (Å²) in [4.78, 5) is 13.2. The minimum absolute atomic E-state index is 0.227. The number of hydrogen-bond acceptors (Lipinski definition) is 4. The number of nitrogens with zero attached hydrogens (tertiary/aromatic N) is 1. The standard InChI is InChI=1S/C23H32N2O4S/c1-7-20(18-12-13-22(29-5)17(4)15-18)24-23(26)21(8-2)25(30(6,27)28)19-11-9-10-16(3)14-19/h9-15,20-21H,7-8H2,1-6H3,(H,24,26)/t20-,21-/m1/s1. The van der Waals surface area contributed by atoms with E-state index in [1.54, 1.807) is 25.3 Å². The predicted octanol–water partition coefficient (Wildman–Crippen LogP) is 4.12. The number of anilines is 1. The summed E-state index contributed by atoms with van der Waals surface area (Å²) < 4.78 is 31.8. The number of ether oxygens (including phenoxy) is 1. The van der Waals surface area contributed by atoms with Crippen molar-refractivity contribution in [2.24, 2.45) is 0 Å². The van der Waals surface area contributed by atoms with Gasteiger partial charge in [0.2, 0.25) is 15.9 Å². The van der Waals surface area contributed by atoms with Gasteiger partial charge in [-0.3, -0.25) is 9.10 Å². The number of sulfonamides is 1. The quantitative estimate of drug-likeness (QED) is 0.647. The van der Waals surface area contributed by atoms with Gasteiger partial charge in [-0.25, -0.2) is 8.42 Å². The molecule has 0 fully saturated rings. The third-order valence-electron chi connectivity index (χ3n) is 5.13. The Balaban J connectivity index is 2.35. The summed E-state index contributed by atoms with van der Waals surface area (Å²) in [5.41, 5.74) is 3.36. The fourth-order valence-electron chi connectivity index (χ4n) is 3.63. The fourth-order valence-corrected chi connectivity index (χ4v) is 4.84. The average molecular weight is 433 g/mol. The van der Waals surface area contributed by atoms with Gasteiger partial charge in [0.15, 0.2) is 0 Å². The molecule has 164 valence electrons. The van der Waals surface area contributed by atoms with Crippen molar-refractivity contribution in [3.63, 3.8) is 0 Å². The molecule has 0 radical (unpaired) electrons. The highest BCUT2D eigenvalue weighted by Gasteiger charge is 2.32. The summed E-state index contributed by atoms with van der Waals surface area (Å²) in [6.07, 6.45) is 2.16. The molecule has 0 aliphatic heterocycles. The number of rotatable bonds is 9. The van der Waals surface area contributed by atoms with Gasteiger partial charge in [-0.2, -0.15) is 0 Å². The molecule has 0 heterocycles. The lowest BCUT2D eigenvalue weighted by atomic mass is 10.0. The van der Waals surface area contributed by atoms with Crippen molar-refractivity contribution < 1.29 is 17.9 Å². The third-order valence-corrected chi connectivity index (χ3v) is 6.31. The maximum absolute atomic E-state index is 13.2. The van der Waals surface area contributed by atoms with E-state index in [2.05, 4.69) is 5.32 Å². The summed E-state index contributed by atoms with van der Waals surface area (Å²) in [6.45, 7) is 7.65. The van der Waals surface area contributed by atoms with E-state index in [1.165, 1.54) is 4.31 Å². The molecule has 2 aromatic carbocycles. The minimum Gasteiger partial charge on any atom is -0.496 e. The Morgan fingerprint density at radius 1 is 1.10 bits per heavy atom. The first kappa shape index (κ1) is 23.7. The number of aryl methyl sites for hydroxylation is 2. The lowest BCUT2D eigenvalue weighted by molar-refractivity contribution is -0.123. The largest absolute Gasteiger partial charge is 0.496 e. The van der Waals surface area contributed by atoms with Crippen LogP contribution >= 0.6 is 0 Å². The van der Waals surface area contributed by atoms with E-state index in [0.717, 1.165) is 28.7 Å². The Hall–Kier alpha value is -2.54. The van der Waals surface area contributed by atoms with Crippen molar-refractivity contribution >= 4 is 21.6 Å². The van der Waals surface area contributed by atoms with Crippen LogP contribution in [0.25, 0.3) is 0 Å². The maximum atomic E-state index is 13.2. The zero-order valence-electron chi connectivity index (χ0n) is 18.6. The van der Waals surface area contributed by atoms with Gasteiger partial charge in [0.25, 0.3) is 0 Å². The van der Waals surface area contributed by atoms with Crippen molar-refractivity contribution in [3.8, 4) is 5.75 Å². The number of amides is 1. The minimum atomic E-state index is -3.66. The molecule has 0 unspecified atom stereocenters. The molecule has 0 spiro atoms. The maximum Gasteiger partial charge on any atom is 0.244 e. The Bertz CT molecular complexity index is 988. The smallest absolute Gasteiger partial charge is 0.244 e. The molecular formula is C23H32N2O4S. The zero-order valence-corrected chi connectivity index (χ0v) is 19.4. The average Bonchev–Trinajstić information content (AvgIpc) is 2.68. The van der Waals surface area contributed by atoms with E-state index >= 15 is 0 Å². The van der Waals surface area contributed by atoms with Gasteiger partial charge >= 0.3 is 0 Å². The molecule has 0 bridgehead atoms. The molecule has 1 amide bonds. The topological polar surface area (TPSA) is 75.7 Å². The summed E-state index contributed by atoms with van der Waals surface area (Å²) in [6, 6.07) is 11.9. The second-order valence-electron chi connectivity index (χ2n) is 7.52. The van der Waals surface area contributed by atoms with Crippen LogP contribution in [-0.4, -0.2) is 33.7 Å². The van der Waals surface area contributed by atoms with Crippen LogP contribution in [-0.2, 0) is 14.8 Å². The van der Waals surface area contributed by atoms with Gasteiger partial charge in [0.1, 0.15) is 11.8 Å². The first-order chi connectivity index (χ1) is 14.1. The van der Waals surface area contributed by atoms with Gasteiger partial charge < -0.3 is 10.1 Å². The van der Waals surface area contributed by atoms with Crippen molar-refractivity contribution in [2.45, 2.75) is 52.6 Å². The van der Waals surface area contributed by atoms with Crippen molar-refractivity contribution in [1.29, 1.82) is 0 Å². The van der Waals surface area contributed by atoms with Gasteiger partial charge in [-0.05, 0) is 61.6 Å². The molecule has 2 rings (SSSR count). The molecule has 7 heteroatoms. The van der Waals surface area contributed by atoms with Crippen LogP contribution in [0.5, 0.6) is 5.75 Å². The SMILES string of the molecule is CC[C@H](C(=O)N[C@H](CC)c1ccc(OC)c(C)c1)N(c1cccc(C)c1)S(C)(=O)=O. The van der Waals surface area contributed by atoms with E-state index in [-0.39, 0.29) is 11.9 Å². The molecule has 2 aromatic rings. The van der Waals surface area contributed by atoms with E-state index < -0.39 is 16.1 Å². The molecule has 1 N–H and O–H groups in total. The van der Waals surface area contributed by atoms with Crippen LogP contribution in [0, 0.1) is 13.8 Å². The first-order valence-electron chi connectivity index (χ1n) is 10.1. The number of hydrogen-bond donors (Lipinski definition) is 1. The lowest BCUT2D eigenvalue weighted by Gasteiger charge is -2.31. The highest BCUT2D eigenvalue weighted by molar-refractivity contribution is 7.92. The fraction of sp³-hybridized carbons (Fsp3) is 0.435. The Morgan fingerprint density at radius 2 is 1.80 bits per heavy atom. The Labute approximate surface area is 180 Å². The second kappa shape index (κ2) is 9.98. The third kappa shape index (κ3) is 5.53. The van der Waals surface area contributed by atoms with E-state index in [0.29, 0.717) is 18.5 Å². The lowest BCUT2D eigenvalue weighted by Crippen LogP contribution is -2.50. The van der Waals surface area contributed by atoms with Crippen LogP contribution in [0.1, 0.15) is 49.4 Å². The second-order valence-corrected chi connectivity index (χ2v) is 9.38. The zero-order chi connectivity index (χ0) is 22.5. The summed E-state index contributed by atoms with van der Waals surface area (Å²) in [7, 11) is -2.03. The summed E-state index contributed by atoms with van der Waals surface area (Å²) in [5.74, 6) is 0.471. The van der Waals surface area contributed by atoms with Gasteiger partial charge in [0, 0.05) is 0 Å². The monoisotopic (exact) mass is 432 g/mol. The molecule has 2 atom stereocenters. The van der Waals surface area contributed by atoms with E-state index in [4.69, 9.17) is 4.74 Å². The normalized spacial score (nSPS) is 13.4. The van der Waals surface area contributed by atoms with Gasteiger partial charge in [-0.15, -0.1) is 0 Å². The molecule has 30 heavy (non-hydrogen) atoms. The van der Waals surface area contributed by atoms with Crippen LogP contribution in [0.3, 0.4) is 0 Å². The molecule has 0 aromatic heterocycles.